The minimum Gasteiger partial charge on any atom is -0.465 e. The topological polar surface area (TPSA) is 99.5 Å². The third-order valence-electron chi connectivity index (χ3n) is 4.85. The number of amides is 1. The SMILES string of the molecule is COC(=O)c1c(-c2cc(C)c(C)cc2NC(C)=O)nn(-c2ccccc2)c1C(=O)OC. The molecule has 0 fully saturated rings. The van der Waals surface area contributed by atoms with Gasteiger partial charge >= 0.3 is 11.9 Å². The van der Waals surface area contributed by atoms with E-state index in [2.05, 4.69) is 10.4 Å². The molecule has 160 valence electrons. The molecule has 3 aromatic rings. The lowest BCUT2D eigenvalue weighted by Gasteiger charge is -2.13. The van der Waals surface area contributed by atoms with Gasteiger partial charge in [0.05, 0.1) is 25.6 Å². The number of carbonyl (C=O) groups excluding carboxylic acids is 3. The maximum Gasteiger partial charge on any atom is 0.357 e. The predicted molar refractivity (Wildman–Crippen MR) is 115 cm³/mol. The second-order valence-corrected chi connectivity index (χ2v) is 6.97. The molecular formula is C23H23N3O5. The highest BCUT2D eigenvalue weighted by Gasteiger charge is 2.32. The average Bonchev–Trinajstić information content (AvgIpc) is 3.15. The van der Waals surface area contributed by atoms with Crippen LogP contribution in [-0.4, -0.2) is 41.8 Å². The largest absolute Gasteiger partial charge is 0.465 e. The summed E-state index contributed by atoms with van der Waals surface area (Å²) in [7, 11) is 2.45. The van der Waals surface area contributed by atoms with E-state index in [1.54, 1.807) is 30.3 Å². The molecule has 1 amide bonds. The van der Waals surface area contributed by atoms with E-state index in [9.17, 15) is 14.4 Å². The molecule has 0 aliphatic carbocycles. The first kappa shape index (κ1) is 21.8. The highest BCUT2D eigenvalue weighted by Crippen LogP contribution is 2.35. The zero-order chi connectivity index (χ0) is 22.7. The van der Waals surface area contributed by atoms with Crippen LogP contribution in [-0.2, 0) is 14.3 Å². The summed E-state index contributed by atoms with van der Waals surface area (Å²) in [4.78, 5) is 37.3. The van der Waals surface area contributed by atoms with Crippen LogP contribution < -0.4 is 5.32 Å². The molecule has 3 rings (SSSR count). The molecule has 0 bridgehead atoms. The molecule has 8 nitrogen and oxygen atoms in total. The number of methoxy groups -OCH3 is 2. The summed E-state index contributed by atoms with van der Waals surface area (Å²) >= 11 is 0. The Labute approximate surface area is 179 Å². The molecule has 2 aromatic carbocycles. The number of anilines is 1. The number of esters is 2. The van der Waals surface area contributed by atoms with Gasteiger partial charge in [-0.15, -0.1) is 0 Å². The molecule has 0 aliphatic heterocycles. The molecule has 8 heteroatoms. The van der Waals surface area contributed by atoms with Gasteiger partial charge in [0.15, 0.2) is 5.69 Å². The predicted octanol–water partition coefficient (Wildman–Crippen LogP) is 3.69. The zero-order valence-electron chi connectivity index (χ0n) is 18.0. The lowest BCUT2D eigenvalue weighted by molar-refractivity contribution is -0.114. The Morgan fingerprint density at radius 3 is 2.13 bits per heavy atom. The summed E-state index contributed by atoms with van der Waals surface area (Å²) in [6.45, 7) is 5.21. The first-order chi connectivity index (χ1) is 14.8. The van der Waals surface area contributed by atoms with Gasteiger partial charge in [0.25, 0.3) is 0 Å². The van der Waals surface area contributed by atoms with Gasteiger partial charge in [-0.2, -0.15) is 5.10 Å². The Balaban J connectivity index is 2.42. The Bertz CT molecular complexity index is 1170. The second-order valence-electron chi connectivity index (χ2n) is 6.97. The summed E-state index contributed by atoms with van der Waals surface area (Å²) in [6.07, 6.45) is 0. The Morgan fingerprint density at radius 2 is 1.55 bits per heavy atom. The molecule has 0 unspecified atom stereocenters. The first-order valence-corrected chi connectivity index (χ1v) is 9.52. The van der Waals surface area contributed by atoms with Crippen molar-refractivity contribution >= 4 is 23.5 Å². The minimum absolute atomic E-state index is 0.0481. The van der Waals surface area contributed by atoms with Gasteiger partial charge in [-0.1, -0.05) is 18.2 Å². The first-order valence-electron chi connectivity index (χ1n) is 9.52. The van der Waals surface area contributed by atoms with Crippen LogP contribution in [0.5, 0.6) is 0 Å². The van der Waals surface area contributed by atoms with Crippen molar-refractivity contribution < 1.29 is 23.9 Å². The van der Waals surface area contributed by atoms with E-state index in [0.717, 1.165) is 11.1 Å². The number of aryl methyl sites for hydroxylation is 2. The molecule has 0 atom stereocenters. The van der Waals surface area contributed by atoms with Crippen molar-refractivity contribution in [2.24, 2.45) is 0 Å². The number of aromatic nitrogens is 2. The zero-order valence-corrected chi connectivity index (χ0v) is 18.0. The number of nitrogens with zero attached hydrogens (tertiary/aromatic N) is 2. The highest BCUT2D eigenvalue weighted by atomic mass is 16.5. The van der Waals surface area contributed by atoms with Crippen LogP contribution in [0, 0.1) is 13.8 Å². The van der Waals surface area contributed by atoms with Crippen molar-refractivity contribution in [3.8, 4) is 16.9 Å². The lowest BCUT2D eigenvalue weighted by atomic mass is 9.98. The van der Waals surface area contributed by atoms with Gasteiger partial charge in [0.2, 0.25) is 5.91 Å². The number of hydrogen-bond acceptors (Lipinski definition) is 6. The molecule has 31 heavy (non-hydrogen) atoms. The van der Waals surface area contributed by atoms with Crippen molar-refractivity contribution in [2.45, 2.75) is 20.8 Å². The Kier molecular flexibility index (Phi) is 6.20. The normalized spacial score (nSPS) is 10.5. The second kappa shape index (κ2) is 8.83. The number of para-hydroxylation sites is 1. The molecule has 1 heterocycles. The molecule has 1 N–H and O–H groups in total. The fraction of sp³-hybridized carbons (Fsp3) is 0.217. The van der Waals surface area contributed by atoms with Crippen LogP contribution in [0.1, 0.15) is 38.9 Å². The lowest BCUT2D eigenvalue weighted by Crippen LogP contribution is -2.15. The quantitative estimate of drug-likeness (QED) is 0.631. The van der Waals surface area contributed by atoms with Crippen LogP contribution in [0.15, 0.2) is 42.5 Å². The number of benzene rings is 2. The number of nitrogens with one attached hydrogen (secondary N) is 1. The summed E-state index contributed by atoms with van der Waals surface area (Å²) in [5, 5.41) is 7.37. The van der Waals surface area contributed by atoms with E-state index in [0.29, 0.717) is 16.9 Å². The summed E-state index contributed by atoms with van der Waals surface area (Å²) in [5.41, 5.74) is 3.47. The summed E-state index contributed by atoms with van der Waals surface area (Å²) in [5.74, 6) is -1.77. The monoisotopic (exact) mass is 421 g/mol. The van der Waals surface area contributed by atoms with E-state index in [4.69, 9.17) is 9.47 Å². The number of hydrogen-bond donors (Lipinski definition) is 1. The average molecular weight is 421 g/mol. The van der Waals surface area contributed by atoms with Gasteiger partial charge in [-0.25, -0.2) is 14.3 Å². The molecular weight excluding hydrogens is 398 g/mol. The third kappa shape index (κ3) is 4.18. The van der Waals surface area contributed by atoms with Crippen molar-refractivity contribution in [3.05, 3.63) is 64.8 Å². The van der Waals surface area contributed by atoms with Crippen LogP contribution in [0.3, 0.4) is 0 Å². The van der Waals surface area contributed by atoms with Gasteiger partial charge in [0, 0.05) is 12.5 Å². The molecule has 1 aromatic heterocycles. The number of rotatable bonds is 5. The molecule has 0 radical (unpaired) electrons. The van der Waals surface area contributed by atoms with Gasteiger partial charge < -0.3 is 14.8 Å². The minimum atomic E-state index is -0.746. The summed E-state index contributed by atoms with van der Waals surface area (Å²) in [6, 6.07) is 12.5. The van der Waals surface area contributed by atoms with E-state index in [1.165, 1.54) is 25.8 Å². The molecule has 0 aliphatic rings. The third-order valence-corrected chi connectivity index (χ3v) is 4.85. The van der Waals surface area contributed by atoms with Crippen molar-refractivity contribution in [1.82, 2.24) is 9.78 Å². The van der Waals surface area contributed by atoms with Crippen LogP contribution >= 0.6 is 0 Å². The maximum absolute atomic E-state index is 12.8. The number of ether oxygens (including phenoxy) is 2. The van der Waals surface area contributed by atoms with Gasteiger partial charge in [-0.3, -0.25) is 4.79 Å². The number of carbonyl (C=O) groups is 3. The molecule has 0 spiro atoms. The van der Waals surface area contributed by atoms with Gasteiger partial charge in [-0.05, 0) is 49.2 Å². The van der Waals surface area contributed by atoms with Crippen LogP contribution in [0.4, 0.5) is 5.69 Å². The van der Waals surface area contributed by atoms with Crippen LogP contribution in [0.25, 0.3) is 16.9 Å². The van der Waals surface area contributed by atoms with E-state index >= 15 is 0 Å². The van der Waals surface area contributed by atoms with E-state index in [1.807, 2.05) is 26.0 Å². The van der Waals surface area contributed by atoms with E-state index in [-0.39, 0.29) is 22.9 Å². The van der Waals surface area contributed by atoms with Gasteiger partial charge in [0.1, 0.15) is 11.3 Å². The van der Waals surface area contributed by atoms with E-state index < -0.39 is 11.9 Å². The standard InChI is InChI=1S/C23H23N3O5/c1-13-11-17(18(12-14(13)2)24-15(3)27)20-19(22(28)30-4)21(23(29)31-5)26(25-20)16-9-7-6-8-10-16/h6-12H,1-5H3,(H,24,27). The van der Waals surface area contributed by atoms with Crippen LogP contribution in [0.2, 0.25) is 0 Å². The fourth-order valence-corrected chi connectivity index (χ4v) is 3.25. The van der Waals surface area contributed by atoms with Crippen molar-refractivity contribution in [3.63, 3.8) is 0 Å². The highest BCUT2D eigenvalue weighted by molar-refractivity contribution is 6.08. The summed E-state index contributed by atoms with van der Waals surface area (Å²) < 4.78 is 11.3. The van der Waals surface area contributed by atoms with Crippen molar-refractivity contribution in [2.75, 3.05) is 19.5 Å². The fourth-order valence-electron chi connectivity index (χ4n) is 3.25. The Morgan fingerprint density at radius 1 is 0.935 bits per heavy atom. The molecule has 0 saturated carbocycles. The van der Waals surface area contributed by atoms with Crippen molar-refractivity contribution in [1.29, 1.82) is 0 Å². The Hall–Kier alpha value is -3.94. The molecule has 0 saturated heterocycles. The maximum atomic E-state index is 12.8. The smallest absolute Gasteiger partial charge is 0.357 e.